The van der Waals surface area contributed by atoms with Crippen molar-refractivity contribution in [1.82, 2.24) is 4.90 Å². The summed E-state index contributed by atoms with van der Waals surface area (Å²) >= 11 is 0. The van der Waals surface area contributed by atoms with Crippen molar-refractivity contribution < 1.29 is 37.6 Å². The summed E-state index contributed by atoms with van der Waals surface area (Å²) in [6.45, 7) is 4.36. The number of allylic oxidation sites excluding steroid dienone is 2. The molecule has 0 aliphatic heterocycles. The lowest BCUT2D eigenvalue weighted by atomic mass is 10.0. The molecular formula is C49H96NO8P. The first-order chi connectivity index (χ1) is 28.7. The van der Waals surface area contributed by atoms with Crippen LogP contribution in [0.5, 0.6) is 0 Å². The molecule has 0 aromatic rings. The van der Waals surface area contributed by atoms with E-state index in [0.717, 1.165) is 44.9 Å². The number of likely N-dealkylation sites (N-methyl/N-ethyl adjacent to an activating group) is 1. The molecular weight excluding hydrogens is 762 g/mol. The minimum atomic E-state index is -4.36. The van der Waals surface area contributed by atoms with Gasteiger partial charge in [-0.2, -0.15) is 0 Å². The average molecular weight is 858 g/mol. The summed E-state index contributed by atoms with van der Waals surface area (Å²) in [5, 5.41) is 0. The first-order valence-electron chi connectivity index (χ1n) is 25.0. The molecule has 59 heavy (non-hydrogen) atoms. The molecule has 0 aromatic carbocycles. The molecule has 9 nitrogen and oxygen atoms in total. The molecule has 1 N–H and O–H groups in total. The van der Waals surface area contributed by atoms with Crippen molar-refractivity contribution >= 4 is 19.8 Å². The van der Waals surface area contributed by atoms with Gasteiger partial charge in [0.05, 0.1) is 13.2 Å². The fraction of sp³-hybridized carbons (Fsp3) is 0.918. The Bertz CT molecular complexity index is 993. The van der Waals surface area contributed by atoms with Gasteiger partial charge in [0.15, 0.2) is 6.10 Å². The van der Waals surface area contributed by atoms with Crippen molar-refractivity contribution in [3.05, 3.63) is 12.2 Å². The summed E-state index contributed by atoms with van der Waals surface area (Å²) in [5.41, 5.74) is 0. The lowest BCUT2D eigenvalue weighted by Crippen LogP contribution is -2.29. The molecule has 0 spiro atoms. The van der Waals surface area contributed by atoms with E-state index in [4.69, 9.17) is 18.5 Å². The number of ether oxygens (including phenoxy) is 2. The SMILES string of the molecule is CCCCCCCC/C=C\CCCCCCCCCC(=O)OC(COC(=O)CCCCCCCCCCCCCCCCCCCCC)COP(=O)(O)OCCN(C)C. The molecule has 0 saturated heterocycles. The highest BCUT2D eigenvalue weighted by atomic mass is 31.2. The van der Waals surface area contributed by atoms with Crippen LogP contribution in [0, 0.1) is 0 Å². The Morgan fingerprint density at radius 2 is 0.864 bits per heavy atom. The van der Waals surface area contributed by atoms with E-state index in [1.807, 2.05) is 19.0 Å². The third-order valence-electron chi connectivity index (χ3n) is 11.1. The van der Waals surface area contributed by atoms with Crippen molar-refractivity contribution in [2.24, 2.45) is 0 Å². The van der Waals surface area contributed by atoms with E-state index < -0.39 is 26.5 Å². The lowest BCUT2D eigenvalue weighted by molar-refractivity contribution is -0.161. The Morgan fingerprint density at radius 3 is 1.25 bits per heavy atom. The minimum Gasteiger partial charge on any atom is -0.462 e. The summed E-state index contributed by atoms with van der Waals surface area (Å²) in [7, 11) is -0.703. The van der Waals surface area contributed by atoms with Gasteiger partial charge in [-0.25, -0.2) is 4.57 Å². The average Bonchev–Trinajstić information content (AvgIpc) is 3.20. The first-order valence-corrected chi connectivity index (χ1v) is 26.5. The molecule has 0 aliphatic rings. The van der Waals surface area contributed by atoms with Crippen LogP contribution < -0.4 is 0 Å². The minimum absolute atomic E-state index is 0.00994. The van der Waals surface area contributed by atoms with E-state index in [1.54, 1.807) is 0 Å². The van der Waals surface area contributed by atoms with Crippen LogP contribution in [0.15, 0.2) is 12.2 Å². The van der Waals surface area contributed by atoms with E-state index in [9.17, 15) is 19.0 Å². The predicted octanol–water partition coefficient (Wildman–Crippen LogP) is 14.8. The number of hydrogen-bond acceptors (Lipinski definition) is 8. The van der Waals surface area contributed by atoms with Gasteiger partial charge >= 0.3 is 19.8 Å². The number of rotatable bonds is 47. The van der Waals surface area contributed by atoms with Gasteiger partial charge in [-0.15, -0.1) is 0 Å². The van der Waals surface area contributed by atoms with Crippen LogP contribution in [-0.4, -0.2) is 68.3 Å². The van der Waals surface area contributed by atoms with E-state index in [2.05, 4.69) is 26.0 Å². The highest BCUT2D eigenvalue weighted by Gasteiger charge is 2.26. The number of phosphoric acid groups is 1. The highest BCUT2D eigenvalue weighted by Crippen LogP contribution is 2.43. The maximum atomic E-state index is 12.7. The standard InChI is InChI=1S/C49H96NO8P/c1-5-7-9-11-13-15-17-19-21-23-24-26-27-29-31-33-35-37-39-41-48(51)55-45-47(46-57-59(53,54)56-44-43-50(3)4)58-49(52)42-40-38-36-34-32-30-28-25-22-20-18-16-14-12-10-8-6-2/h20,22,47H,5-19,21,23-46H2,1-4H3,(H,53,54)/b22-20-. The van der Waals surface area contributed by atoms with Crippen molar-refractivity contribution in [3.63, 3.8) is 0 Å². The molecule has 0 heterocycles. The predicted molar refractivity (Wildman–Crippen MR) is 248 cm³/mol. The number of carbonyl (C=O) groups is 2. The second kappa shape index (κ2) is 44.8. The highest BCUT2D eigenvalue weighted by molar-refractivity contribution is 7.47. The van der Waals surface area contributed by atoms with Crippen molar-refractivity contribution in [2.75, 3.05) is 40.5 Å². The maximum Gasteiger partial charge on any atom is 0.472 e. The zero-order chi connectivity index (χ0) is 43.3. The Hall–Kier alpha value is -1.25. The second-order valence-electron chi connectivity index (χ2n) is 17.4. The molecule has 350 valence electrons. The fourth-order valence-electron chi connectivity index (χ4n) is 7.21. The van der Waals surface area contributed by atoms with Gasteiger partial charge in [-0.1, -0.05) is 206 Å². The quantitative estimate of drug-likeness (QED) is 0.0277. The lowest BCUT2D eigenvalue weighted by Gasteiger charge is -2.20. The van der Waals surface area contributed by atoms with Gasteiger partial charge < -0.3 is 19.3 Å². The Labute approximate surface area is 364 Å². The van der Waals surface area contributed by atoms with Crippen molar-refractivity contribution in [3.8, 4) is 0 Å². The number of nitrogens with zero attached hydrogens (tertiary/aromatic N) is 1. The van der Waals surface area contributed by atoms with Crippen LogP contribution in [0.4, 0.5) is 0 Å². The smallest absolute Gasteiger partial charge is 0.462 e. The van der Waals surface area contributed by atoms with Crippen LogP contribution in [0.25, 0.3) is 0 Å². The normalized spacial score (nSPS) is 13.3. The van der Waals surface area contributed by atoms with Gasteiger partial charge in [0.2, 0.25) is 0 Å². The Morgan fingerprint density at radius 1 is 0.508 bits per heavy atom. The summed E-state index contributed by atoms with van der Waals surface area (Å²) in [6, 6.07) is 0. The van der Waals surface area contributed by atoms with Gasteiger partial charge in [-0.3, -0.25) is 18.6 Å². The molecule has 0 bridgehead atoms. The van der Waals surface area contributed by atoms with E-state index in [1.165, 1.54) is 167 Å². The van der Waals surface area contributed by atoms with Gasteiger partial charge in [0.25, 0.3) is 0 Å². The third kappa shape index (κ3) is 46.1. The number of esters is 2. The summed E-state index contributed by atoms with van der Waals surface area (Å²) < 4.78 is 33.6. The van der Waals surface area contributed by atoms with Crippen molar-refractivity contribution in [1.29, 1.82) is 0 Å². The molecule has 0 amide bonds. The molecule has 2 unspecified atom stereocenters. The van der Waals surface area contributed by atoms with Crippen LogP contribution >= 0.6 is 7.82 Å². The van der Waals surface area contributed by atoms with E-state index >= 15 is 0 Å². The molecule has 0 fully saturated rings. The molecule has 0 aromatic heterocycles. The number of carbonyl (C=O) groups excluding carboxylic acids is 2. The van der Waals surface area contributed by atoms with Gasteiger partial charge in [0, 0.05) is 19.4 Å². The molecule has 0 rings (SSSR count). The molecule has 2 atom stereocenters. The maximum absolute atomic E-state index is 12.7. The van der Waals surface area contributed by atoms with E-state index in [-0.39, 0.29) is 25.6 Å². The molecule has 0 radical (unpaired) electrons. The van der Waals surface area contributed by atoms with Crippen LogP contribution in [0.1, 0.15) is 245 Å². The largest absolute Gasteiger partial charge is 0.472 e. The summed E-state index contributed by atoms with van der Waals surface area (Å²) in [4.78, 5) is 37.2. The topological polar surface area (TPSA) is 112 Å². The zero-order valence-corrected chi connectivity index (χ0v) is 40.1. The van der Waals surface area contributed by atoms with Crippen LogP contribution in [0.2, 0.25) is 0 Å². The zero-order valence-electron chi connectivity index (χ0n) is 39.2. The monoisotopic (exact) mass is 858 g/mol. The first kappa shape index (κ1) is 57.8. The summed E-state index contributed by atoms with van der Waals surface area (Å²) in [5.74, 6) is -0.792. The Balaban J connectivity index is 4.17. The molecule has 0 saturated carbocycles. The molecule has 0 aliphatic carbocycles. The third-order valence-corrected chi connectivity index (χ3v) is 12.1. The van der Waals surface area contributed by atoms with Crippen LogP contribution in [0.3, 0.4) is 0 Å². The summed E-state index contributed by atoms with van der Waals surface area (Å²) in [6.07, 6.45) is 46.8. The van der Waals surface area contributed by atoms with Crippen molar-refractivity contribution in [2.45, 2.75) is 251 Å². The number of hydrogen-bond donors (Lipinski definition) is 1. The number of unbranched alkanes of at least 4 members (excludes halogenated alkanes) is 31. The van der Waals surface area contributed by atoms with Crippen LogP contribution in [-0.2, 0) is 32.7 Å². The van der Waals surface area contributed by atoms with Gasteiger partial charge in [-0.05, 0) is 52.6 Å². The molecule has 10 heteroatoms. The second-order valence-corrected chi connectivity index (χ2v) is 18.8. The number of phosphoric ester groups is 1. The fourth-order valence-corrected chi connectivity index (χ4v) is 7.96. The van der Waals surface area contributed by atoms with E-state index in [0.29, 0.717) is 19.4 Å². The Kier molecular flexibility index (Phi) is 43.8. The van der Waals surface area contributed by atoms with Gasteiger partial charge in [0.1, 0.15) is 6.61 Å².